The van der Waals surface area contributed by atoms with Crippen LogP contribution in [0.5, 0.6) is 0 Å². The van der Waals surface area contributed by atoms with Gasteiger partial charge in [-0.05, 0) is 25.2 Å². The summed E-state index contributed by atoms with van der Waals surface area (Å²) in [6, 6.07) is 0.0533. The summed E-state index contributed by atoms with van der Waals surface area (Å²) in [5.41, 5.74) is 0. The molecule has 116 valence electrons. The molecule has 1 amide bonds. The molecule has 4 rings (SSSR count). The molecular formula is C16H20N4O2. The monoisotopic (exact) mass is 300 g/mol. The summed E-state index contributed by atoms with van der Waals surface area (Å²) in [6.07, 6.45) is 12.4. The number of aromatic nitrogens is 3. The summed E-state index contributed by atoms with van der Waals surface area (Å²) >= 11 is 0. The minimum atomic E-state index is -0.0640. The maximum absolute atomic E-state index is 12.9. The molecular weight excluding hydrogens is 280 g/mol. The normalized spacial score (nSPS) is 22.5. The Balaban J connectivity index is 1.73. The second-order valence-electron chi connectivity index (χ2n) is 6.19. The van der Waals surface area contributed by atoms with Crippen LogP contribution >= 0.6 is 0 Å². The second-order valence-corrected chi connectivity index (χ2v) is 6.19. The number of nitrogens with zero attached hydrogens (tertiary/aromatic N) is 4. The number of hydrogen-bond acceptors (Lipinski definition) is 4. The Kier molecular flexibility index (Phi) is 3.44. The Labute approximate surface area is 129 Å². The lowest BCUT2D eigenvalue weighted by molar-refractivity contribution is 0.0570. The highest BCUT2D eigenvalue weighted by atomic mass is 16.3. The van der Waals surface area contributed by atoms with Crippen molar-refractivity contribution >= 4 is 5.91 Å². The zero-order valence-corrected chi connectivity index (χ0v) is 12.5. The lowest BCUT2D eigenvalue weighted by atomic mass is 9.95. The molecule has 1 unspecified atom stereocenters. The molecule has 0 bridgehead atoms. The Morgan fingerprint density at radius 2 is 2.09 bits per heavy atom. The number of hydrogen-bond donors (Lipinski definition) is 0. The topological polar surface area (TPSA) is 64.2 Å². The van der Waals surface area contributed by atoms with Crippen molar-refractivity contribution < 1.29 is 9.21 Å². The smallest absolute Gasteiger partial charge is 0.291 e. The Hall–Kier alpha value is -2.11. The molecule has 0 spiro atoms. The van der Waals surface area contributed by atoms with Gasteiger partial charge < -0.3 is 13.9 Å². The molecule has 22 heavy (non-hydrogen) atoms. The van der Waals surface area contributed by atoms with E-state index in [1.807, 2.05) is 17.3 Å². The molecule has 2 aromatic rings. The van der Waals surface area contributed by atoms with Crippen LogP contribution in [0, 0.1) is 5.92 Å². The Morgan fingerprint density at radius 1 is 1.23 bits per heavy atom. The van der Waals surface area contributed by atoms with Crippen LogP contribution in [0.25, 0.3) is 0 Å². The van der Waals surface area contributed by atoms with E-state index in [9.17, 15) is 4.79 Å². The zero-order chi connectivity index (χ0) is 14.9. The van der Waals surface area contributed by atoms with Crippen LogP contribution in [0.15, 0.2) is 29.4 Å². The first-order valence-corrected chi connectivity index (χ1v) is 8.05. The van der Waals surface area contributed by atoms with Gasteiger partial charge in [0.2, 0.25) is 5.76 Å². The molecule has 6 heteroatoms. The van der Waals surface area contributed by atoms with E-state index in [1.165, 1.54) is 25.4 Å². The number of aryl methyl sites for hydroxylation is 1. The van der Waals surface area contributed by atoms with Gasteiger partial charge in [-0.1, -0.05) is 12.8 Å². The molecule has 2 aliphatic rings. The number of fused-ring (bicyclic) bond motifs is 1. The van der Waals surface area contributed by atoms with E-state index in [4.69, 9.17) is 4.42 Å². The molecule has 1 fully saturated rings. The summed E-state index contributed by atoms with van der Waals surface area (Å²) in [4.78, 5) is 23.3. The Morgan fingerprint density at radius 3 is 2.86 bits per heavy atom. The van der Waals surface area contributed by atoms with E-state index in [0.717, 1.165) is 38.2 Å². The van der Waals surface area contributed by atoms with Crippen molar-refractivity contribution in [1.82, 2.24) is 19.4 Å². The van der Waals surface area contributed by atoms with Crippen molar-refractivity contribution in [1.29, 1.82) is 0 Å². The van der Waals surface area contributed by atoms with Crippen molar-refractivity contribution in [2.75, 3.05) is 6.54 Å². The lowest BCUT2D eigenvalue weighted by Crippen LogP contribution is -2.38. The van der Waals surface area contributed by atoms with Crippen LogP contribution in [-0.2, 0) is 6.54 Å². The van der Waals surface area contributed by atoms with Gasteiger partial charge in [0.25, 0.3) is 5.91 Å². The van der Waals surface area contributed by atoms with E-state index >= 15 is 0 Å². The third-order valence-electron chi connectivity index (χ3n) is 4.90. The molecule has 0 N–H and O–H groups in total. The standard InChI is InChI=1S/C16H20N4O2/c21-16(13-10-17-11-22-13)20-8-3-7-19-9-6-18-15(19)14(20)12-4-1-2-5-12/h6,9-12,14H,1-5,7-8H2. The van der Waals surface area contributed by atoms with Crippen molar-refractivity contribution in [3.63, 3.8) is 0 Å². The predicted octanol–water partition coefficient (Wildman–Crippen LogP) is 2.65. The Bertz CT molecular complexity index is 643. The van der Waals surface area contributed by atoms with Crippen LogP contribution in [0.1, 0.15) is 54.5 Å². The van der Waals surface area contributed by atoms with Gasteiger partial charge in [0.15, 0.2) is 6.39 Å². The number of carbonyl (C=O) groups excluding carboxylic acids is 1. The fraction of sp³-hybridized carbons (Fsp3) is 0.562. The summed E-state index contributed by atoms with van der Waals surface area (Å²) in [7, 11) is 0. The first kappa shape index (κ1) is 13.5. The zero-order valence-electron chi connectivity index (χ0n) is 12.5. The maximum atomic E-state index is 12.9. The van der Waals surface area contributed by atoms with Crippen LogP contribution in [0.4, 0.5) is 0 Å². The molecule has 1 saturated carbocycles. The van der Waals surface area contributed by atoms with Gasteiger partial charge in [-0.15, -0.1) is 0 Å². The fourth-order valence-corrected chi connectivity index (χ4v) is 3.90. The average Bonchev–Trinajstić information content (AvgIpc) is 3.27. The molecule has 0 saturated heterocycles. The van der Waals surface area contributed by atoms with Crippen LogP contribution in [-0.4, -0.2) is 31.9 Å². The van der Waals surface area contributed by atoms with Gasteiger partial charge in [-0.25, -0.2) is 9.97 Å². The molecule has 1 atom stereocenters. The van der Waals surface area contributed by atoms with Crippen molar-refractivity contribution in [2.45, 2.75) is 44.7 Å². The van der Waals surface area contributed by atoms with E-state index in [2.05, 4.69) is 14.5 Å². The first-order valence-electron chi connectivity index (χ1n) is 8.05. The summed E-state index contributed by atoms with van der Waals surface area (Å²) in [5.74, 6) is 1.78. The summed E-state index contributed by atoms with van der Waals surface area (Å²) < 4.78 is 7.45. The SMILES string of the molecule is O=C(c1cnco1)N1CCCn2ccnc2C1C1CCCC1. The van der Waals surface area contributed by atoms with Crippen LogP contribution < -0.4 is 0 Å². The van der Waals surface area contributed by atoms with Crippen molar-refractivity contribution in [3.8, 4) is 0 Å². The number of amides is 1. The molecule has 1 aliphatic carbocycles. The number of oxazole rings is 1. The third kappa shape index (κ3) is 2.23. The van der Waals surface area contributed by atoms with Gasteiger partial charge in [-0.3, -0.25) is 4.79 Å². The average molecular weight is 300 g/mol. The highest BCUT2D eigenvalue weighted by Crippen LogP contribution is 2.40. The second kappa shape index (κ2) is 5.59. The summed E-state index contributed by atoms with van der Waals surface area (Å²) in [6.45, 7) is 1.66. The van der Waals surface area contributed by atoms with Gasteiger partial charge in [-0.2, -0.15) is 0 Å². The van der Waals surface area contributed by atoms with Gasteiger partial charge >= 0.3 is 0 Å². The minimum absolute atomic E-state index is 0.0533. The van der Waals surface area contributed by atoms with Gasteiger partial charge in [0.05, 0.1) is 12.2 Å². The predicted molar refractivity (Wildman–Crippen MR) is 79.1 cm³/mol. The highest BCUT2D eigenvalue weighted by Gasteiger charge is 2.38. The number of rotatable bonds is 2. The van der Waals surface area contributed by atoms with E-state index in [-0.39, 0.29) is 11.9 Å². The van der Waals surface area contributed by atoms with E-state index in [1.54, 1.807) is 0 Å². The largest absolute Gasteiger partial charge is 0.438 e. The van der Waals surface area contributed by atoms with Crippen LogP contribution in [0.3, 0.4) is 0 Å². The van der Waals surface area contributed by atoms with E-state index < -0.39 is 0 Å². The molecule has 0 radical (unpaired) electrons. The van der Waals surface area contributed by atoms with E-state index in [0.29, 0.717) is 11.7 Å². The maximum Gasteiger partial charge on any atom is 0.291 e. The molecule has 3 heterocycles. The quantitative estimate of drug-likeness (QED) is 0.855. The lowest BCUT2D eigenvalue weighted by Gasteiger charge is -2.33. The molecule has 6 nitrogen and oxygen atoms in total. The van der Waals surface area contributed by atoms with Gasteiger partial charge in [0, 0.05) is 25.5 Å². The fourth-order valence-electron chi connectivity index (χ4n) is 3.90. The molecule has 2 aromatic heterocycles. The number of carbonyl (C=O) groups is 1. The van der Waals surface area contributed by atoms with Crippen LogP contribution in [0.2, 0.25) is 0 Å². The minimum Gasteiger partial charge on any atom is -0.438 e. The van der Waals surface area contributed by atoms with Crippen molar-refractivity contribution in [2.24, 2.45) is 5.92 Å². The van der Waals surface area contributed by atoms with Gasteiger partial charge in [0.1, 0.15) is 5.82 Å². The highest BCUT2D eigenvalue weighted by molar-refractivity contribution is 5.91. The first-order chi connectivity index (χ1) is 10.8. The molecule has 0 aromatic carbocycles. The number of imidazole rings is 1. The third-order valence-corrected chi connectivity index (χ3v) is 4.90. The molecule has 1 aliphatic heterocycles. The van der Waals surface area contributed by atoms with Crippen molar-refractivity contribution in [3.05, 3.63) is 36.6 Å². The summed E-state index contributed by atoms with van der Waals surface area (Å²) in [5, 5.41) is 0.